The number of nitrogens with one attached hydrogen (secondary N) is 1. The number of nitrogens with zero attached hydrogens (tertiary/aromatic N) is 2. The molecule has 0 bridgehead atoms. The Morgan fingerprint density at radius 2 is 1.78 bits per heavy atom. The Morgan fingerprint density at radius 3 is 2.43 bits per heavy atom. The lowest BCUT2D eigenvalue weighted by atomic mass is 9.98. The zero-order chi connectivity index (χ0) is 16.4. The first-order valence-electron chi connectivity index (χ1n) is 7.90. The standard InChI is InChI=1S/C19H23N3O/c1-13(15-11-20-22(3)12-15)21-14(2)16-9-10-19(23-4)18-8-6-5-7-17(16)18/h5-14,21H,1-4H3/t13-,14-/m1/s1. The molecule has 0 radical (unpaired) electrons. The fourth-order valence-electron chi connectivity index (χ4n) is 3.08. The molecule has 120 valence electrons. The molecule has 0 aliphatic carbocycles. The predicted molar refractivity (Wildman–Crippen MR) is 93.7 cm³/mol. The highest BCUT2D eigenvalue weighted by atomic mass is 16.5. The van der Waals surface area contributed by atoms with Crippen LogP contribution in [0.2, 0.25) is 0 Å². The lowest BCUT2D eigenvalue weighted by Crippen LogP contribution is -2.22. The van der Waals surface area contributed by atoms with Crippen molar-refractivity contribution in [1.82, 2.24) is 15.1 Å². The molecule has 1 aromatic heterocycles. The Balaban J connectivity index is 1.90. The summed E-state index contributed by atoms with van der Waals surface area (Å²) < 4.78 is 7.32. The van der Waals surface area contributed by atoms with Crippen LogP contribution in [0.5, 0.6) is 5.75 Å². The van der Waals surface area contributed by atoms with E-state index in [2.05, 4.69) is 54.7 Å². The van der Waals surface area contributed by atoms with Gasteiger partial charge in [-0.3, -0.25) is 4.68 Å². The van der Waals surface area contributed by atoms with Crippen molar-refractivity contribution in [3.8, 4) is 5.75 Å². The molecule has 0 spiro atoms. The van der Waals surface area contributed by atoms with Gasteiger partial charge in [0.2, 0.25) is 0 Å². The van der Waals surface area contributed by atoms with E-state index in [1.165, 1.54) is 16.5 Å². The van der Waals surface area contributed by atoms with Crippen molar-refractivity contribution in [2.24, 2.45) is 7.05 Å². The van der Waals surface area contributed by atoms with Crippen molar-refractivity contribution in [1.29, 1.82) is 0 Å². The third kappa shape index (κ3) is 3.08. The fourth-order valence-corrected chi connectivity index (χ4v) is 3.08. The molecule has 0 aliphatic rings. The minimum absolute atomic E-state index is 0.223. The number of fused-ring (bicyclic) bond motifs is 1. The van der Waals surface area contributed by atoms with E-state index in [1.807, 2.05) is 30.1 Å². The Labute approximate surface area is 137 Å². The summed E-state index contributed by atoms with van der Waals surface area (Å²) in [5.41, 5.74) is 2.47. The summed E-state index contributed by atoms with van der Waals surface area (Å²) in [5.74, 6) is 0.914. The third-order valence-electron chi connectivity index (χ3n) is 4.33. The van der Waals surface area contributed by atoms with E-state index >= 15 is 0 Å². The second-order valence-corrected chi connectivity index (χ2v) is 5.96. The second kappa shape index (κ2) is 6.42. The maximum atomic E-state index is 5.48. The molecule has 0 saturated carbocycles. The molecule has 1 heterocycles. The van der Waals surface area contributed by atoms with Gasteiger partial charge in [-0.05, 0) is 30.9 Å². The molecule has 4 heteroatoms. The third-order valence-corrected chi connectivity index (χ3v) is 4.33. The summed E-state index contributed by atoms with van der Waals surface area (Å²) >= 11 is 0. The fraction of sp³-hybridized carbons (Fsp3) is 0.316. The van der Waals surface area contributed by atoms with E-state index < -0.39 is 0 Å². The van der Waals surface area contributed by atoms with Crippen LogP contribution >= 0.6 is 0 Å². The van der Waals surface area contributed by atoms with Gasteiger partial charge >= 0.3 is 0 Å². The zero-order valence-electron chi connectivity index (χ0n) is 14.1. The lowest BCUT2D eigenvalue weighted by Gasteiger charge is -2.21. The van der Waals surface area contributed by atoms with Crippen molar-refractivity contribution in [3.63, 3.8) is 0 Å². The molecule has 0 unspecified atom stereocenters. The number of rotatable bonds is 5. The van der Waals surface area contributed by atoms with Crippen LogP contribution in [-0.2, 0) is 7.05 Å². The van der Waals surface area contributed by atoms with Gasteiger partial charge < -0.3 is 10.1 Å². The SMILES string of the molecule is COc1ccc([C@@H](C)N[C@H](C)c2cnn(C)c2)c2ccccc12. The molecule has 0 saturated heterocycles. The summed E-state index contributed by atoms with van der Waals surface area (Å²) in [7, 11) is 3.66. The number of benzene rings is 2. The highest BCUT2D eigenvalue weighted by Crippen LogP contribution is 2.32. The quantitative estimate of drug-likeness (QED) is 0.774. The van der Waals surface area contributed by atoms with Gasteiger partial charge in [0.05, 0.1) is 13.3 Å². The molecule has 1 N–H and O–H groups in total. The van der Waals surface area contributed by atoms with Crippen LogP contribution in [0.3, 0.4) is 0 Å². The molecule has 2 atom stereocenters. The molecule has 0 aliphatic heterocycles. The lowest BCUT2D eigenvalue weighted by molar-refractivity contribution is 0.419. The van der Waals surface area contributed by atoms with Crippen molar-refractivity contribution < 1.29 is 4.74 Å². The highest BCUT2D eigenvalue weighted by molar-refractivity contribution is 5.91. The molecular weight excluding hydrogens is 286 g/mol. The van der Waals surface area contributed by atoms with Crippen molar-refractivity contribution in [2.75, 3.05) is 7.11 Å². The normalized spacial score (nSPS) is 13.9. The van der Waals surface area contributed by atoms with E-state index in [0.29, 0.717) is 0 Å². The number of hydrogen-bond donors (Lipinski definition) is 1. The van der Waals surface area contributed by atoms with Crippen LogP contribution in [-0.4, -0.2) is 16.9 Å². The van der Waals surface area contributed by atoms with E-state index in [0.717, 1.165) is 11.1 Å². The summed E-state index contributed by atoms with van der Waals surface area (Å²) in [4.78, 5) is 0. The summed E-state index contributed by atoms with van der Waals surface area (Å²) in [6.07, 6.45) is 3.97. The molecule has 2 aromatic carbocycles. The van der Waals surface area contributed by atoms with Gasteiger partial charge in [0, 0.05) is 36.3 Å². The van der Waals surface area contributed by atoms with Crippen LogP contribution in [0.25, 0.3) is 10.8 Å². The van der Waals surface area contributed by atoms with E-state index in [9.17, 15) is 0 Å². The van der Waals surface area contributed by atoms with Crippen molar-refractivity contribution in [2.45, 2.75) is 25.9 Å². The largest absolute Gasteiger partial charge is 0.496 e. The maximum absolute atomic E-state index is 5.48. The van der Waals surface area contributed by atoms with Crippen LogP contribution in [0.4, 0.5) is 0 Å². The molecule has 0 amide bonds. The first kappa shape index (κ1) is 15.6. The topological polar surface area (TPSA) is 39.1 Å². The average Bonchev–Trinajstić information content (AvgIpc) is 3.00. The van der Waals surface area contributed by atoms with Gasteiger partial charge in [0.1, 0.15) is 5.75 Å². The Morgan fingerprint density at radius 1 is 1.04 bits per heavy atom. The van der Waals surface area contributed by atoms with E-state index in [-0.39, 0.29) is 12.1 Å². The summed E-state index contributed by atoms with van der Waals surface area (Å²) in [5, 5.41) is 10.3. The molecule has 0 fully saturated rings. The van der Waals surface area contributed by atoms with Crippen LogP contribution < -0.4 is 10.1 Å². The first-order chi connectivity index (χ1) is 11.1. The van der Waals surface area contributed by atoms with Crippen LogP contribution in [0.1, 0.15) is 37.1 Å². The Bertz CT molecular complexity index is 809. The number of ether oxygens (including phenoxy) is 1. The van der Waals surface area contributed by atoms with Gasteiger partial charge in [-0.15, -0.1) is 0 Å². The molecule has 4 nitrogen and oxygen atoms in total. The van der Waals surface area contributed by atoms with Crippen molar-refractivity contribution in [3.05, 3.63) is 59.9 Å². The van der Waals surface area contributed by atoms with Gasteiger partial charge in [0.15, 0.2) is 0 Å². The molecule has 3 rings (SSSR count). The molecule has 3 aromatic rings. The smallest absolute Gasteiger partial charge is 0.126 e. The van der Waals surface area contributed by atoms with Gasteiger partial charge in [0.25, 0.3) is 0 Å². The minimum Gasteiger partial charge on any atom is -0.496 e. The average molecular weight is 309 g/mol. The number of aromatic nitrogens is 2. The van der Waals surface area contributed by atoms with Gasteiger partial charge in [-0.1, -0.05) is 30.3 Å². The monoisotopic (exact) mass is 309 g/mol. The van der Waals surface area contributed by atoms with Crippen LogP contribution in [0, 0.1) is 0 Å². The summed E-state index contributed by atoms with van der Waals surface area (Å²) in [6, 6.07) is 13.0. The second-order valence-electron chi connectivity index (χ2n) is 5.96. The molecule has 23 heavy (non-hydrogen) atoms. The molecular formula is C19H23N3O. The maximum Gasteiger partial charge on any atom is 0.126 e. The Kier molecular flexibility index (Phi) is 4.35. The number of methoxy groups -OCH3 is 1. The minimum atomic E-state index is 0.223. The predicted octanol–water partition coefficient (Wildman–Crippen LogP) is 3.99. The number of aryl methyl sites for hydroxylation is 1. The van der Waals surface area contributed by atoms with Gasteiger partial charge in [-0.25, -0.2) is 0 Å². The Hall–Kier alpha value is -2.33. The first-order valence-corrected chi connectivity index (χ1v) is 7.90. The van der Waals surface area contributed by atoms with E-state index in [4.69, 9.17) is 4.74 Å². The van der Waals surface area contributed by atoms with Gasteiger partial charge in [-0.2, -0.15) is 5.10 Å². The van der Waals surface area contributed by atoms with Crippen molar-refractivity contribution >= 4 is 10.8 Å². The zero-order valence-corrected chi connectivity index (χ0v) is 14.1. The summed E-state index contributed by atoms with van der Waals surface area (Å²) in [6.45, 7) is 4.36. The van der Waals surface area contributed by atoms with E-state index in [1.54, 1.807) is 7.11 Å². The number of hydrogen-bond acceptors (Lipinski definition) is 3. The van der Waals surface area contributed by atoms with Crippen LogP contribution in [0.15, 0.2) is 48.8 Å². The highest BCUT2D eigenvalue weighted by Gasteiger charge is 2.15.